The summed E-state index contributed by atoms with van der Waals surface area (Å²) in [7, 11) is 0. The van der Waals surface area contributed by atoms with Crippen molar-refractivity contribution in [3.05, 3.63) is 0 Å². The van der Waals surface area contributed by atoms with Gasteiger partial charge in [0.15, 0.2) is 0 Å². The lowest BCUT2D eigenvalue weighted by molar-refractivity contribution is 0.259. The maximum atomic E-state index is 3.49. The third kappa shape index (κ3) is 0.879. The van der Waals surface area contributed by atoms with Crippen molar-refractivity contribution in [1.82, 2.24) is 10.2 Å². The summed E-state index contributed by atoms with van der Waals surface area (Å²) in [6, 6.07) is 1.84. The molecule has 0 unspecified atom stereocenters. The molecular weight excluding hydrogens is 156 g/mol. The van der Waals surface area contributed by atoms with Gasteiger partial charge in [0.2, 0.25) is 0 Å². The van der Waals surface area contributed by atoms with Crippen LogP contribution in [0.4, 0.5) is 0 Å². The molecule has 3 atom stereocenters. The van der Waals surface area contributed by atoms with E-state index in [0.29, 0.717) is 0 Å². The Morgan fingerprint density at radius 2 is 2.36 bits per heavy atom. The van der Waals surface area contributed by atoms with E-state index in [1.165, 1.54) is 31.1 Å². The summed E-state index contributed by atoms with van der Waals surface area (Å²) in [6.45, 7) is 2.53. The van der Waals surface area contributed by atoms with Crippen LogP contribution >= 0.6 is 11.8 Å². The van der Waals surface area contributed by atoms with Gasteiger partial charge in [-0.2, -0.15) is 0 Å². The molecule has 11 heavy (non-hydrogen) atoms. The topological polar surface area (TPSA) is 15.3 Å². The summed E-state index contributed by atoms with van der Waals surface area (Å²) >= 11 is 2.11. The van der Waals surface area contributed by atoms with Crippen molar-refractivity contribution < 1.29 is 0 Å². The van der Waals surface area contributed by atoms with E-state index in [9.17, 15) is 0 Å². The maximum Gasteiger partial charge on any atom is 0.0451 e. The molecule has 0 saturated carbocycles. The number of nitrogens with one attached hydrogen (secondary N) is 1. The van der Waals surface area contributed by atoms with E-state index in [0.717, 1.165) is 18.0 Å². The molecule has 3 heterocycles. The number of thioether (sulfide) groups is 1. The highest BCUT2D eigenvalue weighted by Crippen LogP contribution is 2.38. The molecule has 3 saturated heterocycles. The standard InChI is InChI=1S/C8H14N2S/c1-6-2-9-3-8(6)10-5-11-4-7(1)10/h6-9H,1-5H2/t6-,7-,8+/m0/s1. The maximum absolute atomic E-state index is 3.49. The van der Waals surface area contributed by atoms with Gasteiger partial charge < -0.3 is 5.32 Å². The van der Waals surface area contributed by atoms with Crippen LogP contribution in [0.1, 0.15) is 6.42 Å². The highest BCUT2D eigenvalue weighted by Gasteiger charge is 2.45. The molecule has 0 amide bonds. The van der Waals surface area contributed by atoms with E-state index < -0.39 is 0 Å². The summed E-state index contributed by atoms with van der Waals surface area (Å²) in [5, 5.41) is 3.49. The summed E-state index contributed by atoms with van der Waals surface area (Å²) in [5.74, 6) is 3.68. The van der Waals surface area contributed by atoms with Crippen LogP contribution in [0.15, 0.2) is 0 Å². The molecule has 0 bridgehead atoms. The molecule has 2 nitrogen and oxygen atoms in total. The van der Waals surface area contributed by atoms with E-state index in [1.807, 2.05) is 0 Å². The van der Waals surface area contributed by atoms with Gasteiger partial charge in [-0.05, 0) is 18.9 Å². The Balaban J connectivity index is 1.84. The zero-order chi connectivity index (χ0) is 7.26. The summed E-state index contributed by atoms with van der Waals surface area (Å²) < 4.78 is 0. The molecule has 0 aromatic carbocycles. The van der Waals surface area contributed by atoms with E-state index >= 15 is 0 Å². The highest BCUT2D eigenvalue weighted by atomic mass is 32.2. The molecule has 0 aromatic heterocycles. The Morgan fingerprint density at radius 3 is 3.36 bits per heavy atom. The van der Waals surface area contributed by atoms with Crippen molar-refractivity contribution in [3.8, 4) is 0 Å². The first-order valence-electron chi connectivity index (χ1n) is 4.49. The quantitative estimate of drug-likeness (QED) is 0.565. The minimum absolute atomic E-state index is 0.898. The molecule has 0 spiro atoms. The Morgan fingerprint density at radius 1 is 1.36 bits per heavy atom. The number of nitrogens with zero attached hydrogens (tertiary/aromatic N) is 1. The number of hydrogen-bond acceptors (Lipinski definition) is 3. The van der Waals surface area contributed by atoms with Gasteiger partial charge in [0.05, 0.1) is 0 Å². The fourth-order valence-corrected chi connectivity index (χ4v) is 4.08. The molecule has 3 heteroatoms. The average Bonchev–Trinajstić information content (AvgIpc) is 2.52. The van der Waals surface area contributed by atoms with Gasteiger partial charge in [-0.3, -0.25) is 4.90 Å². The lowest BCUT2D eigenvalue weighted by Gasteiger charge is -2.20. The predicted octanol–water partition coefficient (Wildman–Crippen LogP) is 0.353. The van der Waals surface area contributed by atoms with E-state index in [2.05, 4.69) is 22.0 Å². The number of fused-ring (bicyclic) bond motifs is 3. The minimum Gasteiger partial charge on any atom is -0.315 e. The fraction of sp³-hybridized carbons (Fsp3) is 1.00. The van der Waals surface area contributed by atoms with Gasteiger partial charge in [0.1, 0.15) is 0 Å². The Hall–Kier alpha value is 0.270. The second-order valence-corrected chi connectivity index (χ2v) is 4.89. The largest absolute Gasteiger partial charge is 0.315 e. The van der Waals surface area contributed by atoms with Crippen molar-refractivity contribution in [2.45, 2.75) is 18.5 Å². The van der Waals surface area contributed by atoms with Crippen molar-refractivity contribution in [3.63, 3.8) is 0 Å². The molecule has 0 radical (unpaired) electrons. The average molecular weight is 170 g/mol. The van der Waals surface area contributed by atoms with Crippen LogP contribution in [0.2, 0.25) is 0 Å². The first-order chi connectivity index (χ1) is 5.45. The molecule has 3 aliphatic rings. The van der Waals surface area contributed by atoms with Crippen molar-refractivity contribution in [2.75, 3.05) is 24.7 Å². The minimum atomic E-state index is 0.898. The third-order valence-electron chi connectivity index (χ3n) is 3.32. The summed E-state index contributed by atoms with van der Waals surface area (Å²) in [5.41, 5.74) is 0. The SMILES string of the molecule is C1NC[C@@H]2[C@H]1C[C@H]1CSCN12. The van der Waals surface area contributed by atoms with Crippen LogP contribution in [-0.2, 0) is 0 Å². The first kappa shape index (κ1) is 6.75. The summed E-state index contributed by atoms with van der Waals surface area (Å²) in [6.07, 6.45) is 1.46. The van der Waals surface area contributed by atoms with Gasteiger partial charge in [-0.15, -0.1) is 11.8 Å². The van der Waals surface area contributed by atoms with Crippen LogP contribution in [0.25, 0.3) is 0 Å². The van der Waals surface area contributed by atoms with E-state index in [4.69, 9.17) is 0 Å². The monoisotopic (exact) mass is 170 g/mol. The van der Waals surface area contributed by atoms with Crippen molar-refractivity contribution in [2.24, 2.45) is 5.92 Å². The first-order valence-corrected chi connectivity index (χ1v) is 5.65. The predicted molar refractivity (Wildman–Crippen MR) is 47.7 cm³/mol. The zero-order valence-electron chi connectivity index (χ0n) is 6.62. The molecule has 62 valence electrons. The van der Waals surface area contributed by atoms with Crippen LogP contribution in [0.3, 0.4) is 0 Å². The molecule has 3 fully saturated rings. The van der Waals surface area contributed by atoms with Crippen LogP contribution in [0, 0.1) is 5.92 Å². The Kier molecular flexibility index (Phi) is 1.46. The fourth-order valence-electron chi connectivity index (χ4n) is 2.76. The van der Waals surface area contributed by atoms with Gasteiger partial charge in [0, 0.05) is 30.3 Å². The van der Waals surface area contributed by atoms with Gasteiger partial charge in [0.25, 0.3) is 0 Å². The van der Waals surface area contributed by atoms with Crippen molar-refractivity contribution >= 4 is 11.8 Å². The van der Waals surface area contributed by atoms with E-state index in [1.54, 1.807) is 0 Å². The lowest BCUT2D eigenvalue weighted by Crippen LogP contribution is -2.35. The molecule has 1 N–H and O–H groups in total. The normalized spacial score (nSPS) is 49.6. The summed E-state index contributed by atoms with van der Waals surface area (Å²) in [4.78, 5) is 2.72. The molecular formula is C8H14N2S. The number of hydrogen-bond donors (Lipinski definition) is 1. The van der Waals surface area contributed by atoms with Gasteiger partial charge >= 0.3 is 0 Å². The van der Waals surface area contributed by atoms with Gasteiger partial charge in [-0.1, -0.05) is 0 Å². The number of rotatable bonds is 0. The second kappa shape index (κ2) is 2.38. The smallest absolute Gasteiger partial charge is 0.0451 e. The second-order valence-electron chi connectivity index (χ2n) is 3.89. The molecule has 3 aliphatic heterocycles. The Bertz CT molecular complexity index is 155. The van der Waals surface area contributed by atoms with Crippen LogP contribution < -0.4 is 5.32 Å². The van der Waals surface area contributed by atoms with Gasteiger partial charge in [-0.25, -0.2) is 0 Å². The van der Waals surface area contributed by atoms with Crippen LogP contribution in [-0.4, -0.2) is 41.7 Å². The molecule has 0 aromatic rings. The van der Waals surface area contributed by atoms with Crippen molar-refractivity contribution in [1.29, 1.82) is 0 Å². The Labute approximate surface area is 71.7 Å². The zero-order valence-corrected chi connectivity index (χ0v) is 7.44. The van der Waals surface area contributed by atoms with Crippen LogP contribution in [0.5, 0.6) is 0 Å². The molecule has 3 rings (SSSR count). The highest BCUT2D eigenvalue weighted by molar-refractivity contribution is 7.99. The molecule has 0 aliphatic carbocycles. The van der Waals surface area contributed by atoms with E-state index in [-0.39, 0.29) is 0 Å². The lowest BCUT2D eigenvalue weighted by atomic mass is 10.0. The third-order valence-corrected chi connectivity index (χ3v) is 4.43.